The number of carbonyl (C=O) groups excluding carboxylic acids is 1. The van der Waals surface area contributed by atoms with Crippen LogP contribution in [0.2, 0.25) is 0 Å². The maximum Gasteiger partial charge on any atom is 0.242 e. The third-order valence-corrected chi connectivity index (χ3v) is 4.29. The van der Waals surface area contributed by atoms with Crippen molar-refractivity contribution in [3.8, 4) is 10.4 Å². The van der Waals surface area contributed by atoms with Crippen LogP contribution in [0.25, 0.3) is 10.4 Å². The normalized spacial score (nSPS) is 10.6. The van der Waals surface area contributed by atoms with Gasteiger partial charge in [-0.2, -0.15) is 5.10 Å². The zero-order valence-corrected chi connectivity index (χ0v) is 13.0. The Balaban J connectivity index is 1.56. The van der Waals surface area contributed by atoms with E-state index in [1.165, 1.54) is 32.7 Å². The number of rotatable bonds is 5. The lowest BCUT2D eigenvalue weighted by Gasteiger charge is -2.06. The number of carbonyl (C=O) groups is 1. The molecule has 22 heavy (non-hydrogen) atoms. The van der Waals surface area contributed by atoms with Gasteiger partial charge in [-0.15, -0.1) is 11.3 Å². The van der Waals surface area contributed by atoms with Crippen LogP contribution in [0.4, 0.5) is 0 Å². The lowest BCUT2D eigenvalue weighted by molar-refractivity contribution is -0.122. The minimum atomic E-state index is -0.0801. The molecule has 2 aromatic heterocycles. The molecule has 0 spiro atoms. The Hall–Kier alpha value is -2.47. The molecule has 1 N–H and O–H groups in total. The number of aryl methyl sites for hydroxylation is 1. The molecule has 6 heteroatoms. The summed E-state index contributed by atoms with van der Waals surface area (Å²) in [5.74, 6) is -0.0801. The van der Waals surface area contributed by atoms with Gasteiger partial charge in [-0.1, -0.05) is 24.3 Å². The van der Waals surface area contributed by atoms with Crippen LogP contribution in [0.3, 0.4) is 0 Å². The smallest absolute Gasteiger partial charge is 0.242 e. The fraction of sp³-hybridized carbons (Fsp3) is 0.188. The Morgan fingerprint density at radius 1 is 1.23 bits per heavy atom. The van der Waals surface area contributed by atoms with Gasteiger partial charge in [-0.3, -0.25) is 4.79 Å². The van der Waals surface area contributed by atoms with E-state index in [0.29, 0.717) is 6.54 Å². The highest BCUT2D eigenvalue weighted by molar-refractivity contribution is 7.15. The number of thiophene rings is 1. The van der Waals surface area contributed by atoms with Crippen molar-refractivity contribution in [2.24, 2.45) is 0 Å². The summed E-state index contributed by atoms with van der Waals surface area (Å²) in [5.41, 5.74) is 2.28. The van der Waals surface area contributed by atoms with Crippen molar-refractivity contribution in [1.82, 2.24) is 20.1 Å². The van der Waals surface area contributed by atoms with E-state index >= 15 is 0 Å². The molecular formula is C16H16N4OS. The molecule has 0 aliphatic heterocycles. The van der Waals surface area contributed by atoms with E-state index in [-0.39, 0.29) is 12.5 Å². The van der Waals surface area contributed by atoms with Crippen LogP contribution in [0.1, 0.15) is 10.4 Å². The van der Waals surface area contributed by atoms with Crippen LogP contribution in [0.15, 0.2) is 49.1 Å². The van der Waals surface area contributed by atoms with Gasteiger partial charge < -0.3 is 5.32 Å². The predicted molar refractivity (Wildman–Crippen MR) is 86.4 cm³/mol. The van der Waals surface area contributed by atoms with E-state index in [9.17, 15) is 4.79 Å². The molecule has 0 aliphatic carbocycles. The molecule has 3 aromatic rings. The third-order valence-electron chi connectivity index (χ3n) is 3.24. The Bertz CT molecular complexity index is 747. The second-order valence-corrected chi connectivity index (χ2v) is 6.26. The molecular weight excluding hydrogens is 296 g/mol. The highest BCUT2D eigenvalue weighted by Crippen LogP contribution is 2.27. The van der Waals surface area contributed by atoms with Crippen LogP contribution < -0.4 is 5.32 Å². The molecule has 0 radical (unpaired) electrons. The van der Waals surface area contributed by atoms with E-state index in [1.807, 2.05) is 12.1 Å². The lowest BCUT2D eigenvalue weighted by atomic mass is 10.1. The zero-order chi connectivity index (χ0) is 15.4. The molecule has 1 aromatic carbocycles. The number of benzene rings is 1. The maximum absolute atomic E-state index is 11.8. The summed E-state index contributed by atoms with van der Waals surface area (Å²) in [6.45, 7) is 2.80. The lowest BCUT2D eigenvalue weighted by Crippen LogP contribution is -2.27. The fourth-order valence-electron chi connectivity index (χ4n) is 2.09. The number of hydrogen-bond donors (Lipinski definition) is 1. The number of amides is 1. The highest BCUT2D eigenvalue weighted by Gasteiger charge is 2.04. The third kappa shape index (κ3) is 3.59. The van der Waals surface area contributed by atoms with E-state index in [2.05, 4.69) is 46.6 Å². The molecule has 0 atom stereocenters. The van der Waals surface area contributed by atoms with E-state index in [4.69, 9.17) is 0 Å². The van der Waals surface area contributed by atoms with Gasteiger partial charge in [0, 0.05) is 16.3 Å². The molecule has 0 fully saturated rings. The fourth-order valence-corrected chi connectivity index (χ4v) is 2.97. The summed E-state index contributed by atoms with van der Waals surface area (Å²) >= 11 is 1.78. The first kappa shape index (κ1) is 14.5. The van der Waals surface area contributed by atoms with E-state index in [0.717, 1.165) is 5.56 Å². The van der Waals surface area contributed by atoms with E-state index in [1.54, 1.807) is 11.3 Å². The maximum atomic E-state index is 11.8. The summed E-state index contributed by atoms with van der Waals surface area (Å²) in [7, 11) is 0. The van der Waals surface area contributed by atoms with Gasteiger partial charge in [0.15, 0.2) is 0 Å². The Morgan fingerprint density at radius 2 is 2.05 bits per heavy atom. The van der Waals surface area contributed by atoms with Gasteiger partial charge in [0.1, 0.15) is 19.2 Å². The van der Waals surface area contributed by atoms with Crippen molar-refractivity contribution in [2.45, 2.75) is 20.0 Å². The summed E-state index contributed by atoms with van der Waals surface area (Å²) < 4.78 is 1.50. The van der Waals surface area contributed by atoms with Crippen LogP contribution in [-0.4, -0.2) is 20.7 Å². The number of hydrogen-bond acceptors (Lipinski definition) is 4. The van der Waals surface area contributed by atoms with Crippen LogP contribution in [-0.2, 0) is 17.9 Å². The first-order chi connectivity index (χ1) is 10.7. The SMILES string of the molecule is Cc1ccc(-c2ccc(CNC(=O)Cn3cncn3)cc2)s1. The molecule has 1 amide bonds. The van der Waals surface area contributed by atoms with Gasteiger partial charge in [0.25, 0.3) is 0 Å². The second-order valence-electron chi connectivity index (χ2n) is 4.98. The van der Waals surface area contributed by atoms with Gasteiger partial charge >= 0.3 is 0 Å². The summed E-state index contributed by atoms with van der Waals surface area (Å²) in [6.07, 6.45) is 2.94. The van der Waals surface area contributed by atoms with Crippen molar-refractivity contribution in [1.29, 1.82) is 0 Å². The van der Waals surface area contributed by atoms with Crippen molar-refractivity contribution >= 4 is 17.2 Å². The van der Waals surface area contributed by atoms with Gasteiger partial charge in [-0.05, 0) is 30.2 Å². The molecule has 2 heterocycles. The standard InChI is InChI=1S/C16H16N4OS/c1-12-2-7-15(22-12)14-5-3-13(4-6-14)8-18-16(21)9-20-11-17-10-19-20/h2-7,10-11H,8-9H2,1H3,(H,18,21). The van der Waals surface area contributed by atoms with Crippen LogP contribution in [0.5, 0.6) is 0 Å². The largest absolute Gasteiger partial charge is 0.350 e. The van der Waals surface area contributed by atoms with Crippen molar-refractivity contribution < 1.29 is 4.79 Å². The number of aromatic nitrogens is 3. The Morgan fingerprint density at radius 3 is 2.68 bits per heavy atom. The van der Waals surface area contributed by atoms with Gasteiger partial charge in [0.2, 0.25) is 5.91 Å². The van der Waals surface area contributed by atoms with Gasteiger partial charge in [0.05, 0.1) is 0 Å². The Labute approximate surface area is 132 Å². The van der Waals surface area contributed by atoms with Crippen molar-refractivity contribution in [3.05, 3.63) is 59.5 Å². The highest BCUT2D eigenvalue weighted by atomic mass is 32.1. The molecule has 0 saturated carbocycles. The van der Waals surface area contributed by atoms with Crippen LogP contribution in [0, 0.1) is 6.92 Å². The average molecular weight is 312 g/mol. The quantitative estimate of drug-likeness (QED) is 0.788. The topological polar surface area (TPSA) is 59.8 Å². The molecule has 0 saturated heterocycles. The molecule has 112 valence electrons. The molecule has 5 nitrogen and oxygen atoms in total. The number of nitrogens with zero attached hydrogens (tertiary/aromatic N) is 3. The minimum absolute atomic E-state index is 0.0801. The summed E-state index contributed by atoms with van der Waals surface area (Å²) in [5, 5.41) is 6.78. The van der Waals surface area contributed by atoms with E-state index < -0.39 is 0 Å². The second kappa shape index (κ2) is 6.53. The first-order valence-corrected chi connectivity index (χ1v) is 7.77. The predicted octanol–water partition coefficient (Wildman–Crippen LogP) is 2.63. The monoisotopic (exact) mass is 312 g/mol. The summed E-state index contributed by atoms with van der Waals surface area (Å²) in [6, 6.07) is 12.5. The molecule has 0 bridgehead atoms. The van der Waals surface area contributed by atoms with Crippen molar-refractivity contribution in [3.63, 3.8) is 0 Å². The van der Waals surface area contributed by atoms with Crippen LogP contribution >= 0.6 is 11.3 Å². The van der Waals surface area contributed by atoms with Gasteiger partial charge in [-0.25, -0.2) is 9.67 Å². The summed E-state index contributed by atoms with van der Waals surface area (Å²) in [4.78, 5) is 18.2. The average Bonchev–Trinajstić information content (AvgIpc) is 3.17. The Kier molecular flexibility index (Phi) is 4.29. The molecule has 0 unspecified atom stereocenters. The zero-order valence-electron chi connectivity index (χ0n) is 12.2. The number of nitrogens with one attached hydrogen (secondary N) is 1. The first-order valence-electron chi connectivity index (χ1n) is 6.95. The van der Waals surface area contributed by atoms with Crippen molar-refractivity contribution in [2.75, 3.05) is 0 Å². The minimum Gasteiger partial charge on any atom is -0.350 e. The molecule has 3 rings (SSSR count). The molecule has 0 aliphatic rings.